The fraction of sp³-hybridized carbons (Fsp3) is 0.641. The van der Waals surface area contributed by atoms with Crippen LogP contribution in [0.2, 0.25) is 0 Å². The number of aliphatic hydroxyl groups is 4. The smallest absolute Gasteiger partial charge is 0.408 e. The molecule has 3 fully saturated rings. The van der Waals surface area contributed by atoms with Gasteiger partial charge in [-0.05, 0) is 77.7 Å². The first-order valence-corrected chi connectivity index (χ1v) is 17.8. The van der Waals surface area contributed by atoms with E-state index in [1.54, 1.807) is 80.5 Å². The molecule has 5 N–H and O–H groups in total. The molecule has 5 rings (SSSR count). The number of ether oxygens (including phenoxy) is 4. The van der Waals surface area contributed by atoms with Gasteiger partial charge in [-0.2, -0.15) is 0 Å². The van der Waals surface area contributed by atoms with Crippen molar-refractivity contribution in [2.75, 3.05) is 6.61 Å². The Bertz CT molecular complexity index is 1660. The first kappa shape index (κ1) is 39.6. The van der Waals surface area contributed by atoms with Crippen LogP contribution in [0.4, 0.5) is 4.79 Å². The molecule has 1 saturated heterocycles. The number of Topliss-reactive ketones (excluding diaryl/α,β-unsaturated/α-hetero) is 1. The zero-order valence-electron chi connectivity index (χ0n) is 31.4. The van der Waals surface area contributed by atoms with Gasteiger partial charge in [-0.3, -0.25) is 4.79 Å². The highest BCUT2D eigenvalue weighted by atomic mass is 16.6. The minimum absolute atomic E-state index is 0.0747. The average molecular weight is 728 g/mol. The summed E-state index contributed by atoms with van der Waals surface area (Å²) in [4.78, 5) is 54.8. The number of carbonyl (C=O) groups is 4. The number of fused-ring (bicyclic) bond motifs is 5. The highest BCUT2D eigenvalue weighted by Gasteiger charge is 2.74. The van der Waals surface area contributed by atoms with Crippen LogP contribution in [0.5, 0.6) is 0 Å². The van der Waals surface area contributed by atoms with E-state index in [9.17, 15) is 39.6 Å². The van der Waals surface area contributed by atoms with E-state index in [0.29, 0.717) is 12.0 Å². The Morgan fingerprint density at radius 2 is 1.69 bits per heavy atom. The van der Waals surface area contributed by atoms with Gasteiger partial charge in [0.15, 0.2) is 11.9 Å². The van der Waals surface area contributed by atoms with Crippen LogP contribution in [-0.2, 0) is 28.5 Å². The maximum atomic E-state index is 14.6. The van der Waals surface area contributed by atoms with Crippen molar-refractivity contribution in [3.63, 3.8) is 0 Å². The largest absolute Gasteiger partial charge is 0.456 e. The van der Waals surface area contributed by atoms with Crippen LogP contribution in [-0.4, -0.2) is 104 Å². The summed E-state index contributed by atoms with van der Waals surface area (Å²) < 4.78 is 23.2. The molecule has 1 unspecified atom stereocenters. The van der Waals surface area contributed by atoms with Crippen LogP contribution in [0.1, 0.15) is 91.9 Å². The number of aliphatic hydroxyl groups excluding tert-OH is 2. The van der Waals surface area contributed by atoms with Gasteiger partial charge in [0.1, 0.15) is 35.1 Å². The summed E-state index contributed by atoms with van der Waals surface area (Å²) in [5.41, 5.74) is -6.54. The molecule has 13 nitrogen and oxygen atoms in total. The highest BCUT2D eigenvalue weighted by molar-refractivity contribution is 5.93. The van der Waals surface area contributed by atoms with Crippen molar-refractivity contribution in [1.29, 1.82) is 0 Å². The molecule has 52 heavy (non-hydrogen) atoms. The predicted octanol–water partition coefficient (Wildman–Crippen LogP) is 3.31. The third-order valence-corrected chi connectivity index (χ3v) is 11.5. The molecule has 286 valence electrons. The molecule has 13 heteroatoms. The number of amides is 1. The van der Waals surface area contributed by atoms with Crippen LogP contribution in [0.15, 0.2) is 53.1 Å². The molecule has 1 aromatic carbocycles. The van der Waals surface area contributed by atoms with E-state index in [1.165, 1.54) is 18.2 Å². The fourth-order valence-electron chi connectivity index (χ4n) is 8.77. The predicted molar refractivity (Wildman–Crippen MR) is 187 cm³/mol. The summed E-state index contributed by atoms with van der Waals surface area (Å²) in [6, 6.07) is 6.82. The normalized spacial score (nSPS) is 34.9. The second-order valence-corrected chi connectivity index (χ2v) is 16.8. The number of hydrogen-bond donors (Lipinski definition) is 5. The molecular weight excluding hydrogens is 674 g/mol. The fourth-order valence-corrected chi connectivity index (χ4v) is 8.77. The molecule has 10 atom stereocenters. The Hall–Kier alpha value is -3.62. The van der Waals surface area contributed by atoms with E-state index < -0.39 is 100 Å². The van der Waals surface area contributed by atoms with Crippen molar-refractivity contribution in [1.82, 2.24) is 5.32 Å². The van der Waals surface area contributed by atoms with Crippen LogP contribution >= 0.6 is 0 Å². The van der Waals surface area contributed by atoms with Crippen molar-refractivity contribution in [2.45, 2.75) is 135 Å². The number of ketones is 1. The number of allylic oxidation sites excluding steroid dienone is 1. The minimum Gasteiger partial charge on any atom is -0.456 e. The maximum Gasteiger partial charge on any atom is 0.408 e. The Morgan fingerprint density at radius 3 is 2.25 bits per heavy atom. The third kappa shape index (κ3) is 6.70. The lowest BCUT2D eigenvalue weighted by atomic mass is 9.45. The lowest BCUT2D eigenvalue weighted by Crippen LogP contribution is -2.78. The Kier molecular flexibility index (Phi) is 10.4. The van der Waals surface area contributed by atoms with E-state index in [4.69, 9.17) is 18.9 Å². The summed E-state index contributed by atoms with van der Waals surface area (Å²) in [6.07, 6.45) is -6.72. The molecule has 0 radical (unpaired) electrons. The number of esters is 2. The zero-order chi connectivity index (χ0) is 38.8. The Morgan fingerprint density at radius 1 is 1.06 bits per heavy atom. The molecule has 2 saturated carbocycles. The van der Waals surface area contributed by atoms with Crippen molar-refractivity contribution in [3.05, 3.63) is 58.7 Å². The molecule has 2 bridgehead atoms. The average Bonchev–Trinajstić information content (AvgIpc) is 3.03. The Balaban J connectivity index is 1.60. The molecule has 0 aromatic heterocycles. The third-order valence-electron chi connectivity index (χ3n) is 11.5. The first-order chi connectivity index (χ1) is 24.0. The van der Waals surface area contributed by atoms with Crippen molar-refractivity contribution in [3.8, 4) is 0 Å². The summed E-state index contributed by atoms with van der Waals surface area (Å²) in [5, 5.41) is 51.1. The summed E-state index contributed by atoms with van der Waals surface area (Å²) in [5.74, 6) is -3.87. The quantitative estimate of drug-likeness (QED) is 0.156. The molecular formula is C39H53NO12. The van der Waals surface area contributed by atoms with Gasteiger partial charge in [0.25, 0.3) is 0 Å². The monoisotopic (exact) mass is 727 g/mol. The van der Waals surface area contributed by atoms with Crippen LogP contribution in [0.25, 0.3) is 0 Å². The first-order valence-electron chi connectivity index (χ1n) is 17.8. The number of hydrogen-bond acceptors (Lipinski definition) is 12. The standard InChI is InChI=1S/C39H53NO12/c1-20(2)17-23(40-34(46)52-35(4,5)6)27(41)33(45)50-24-18-39(48)31(51-32(44)22-13-11-10-12-14-22)29-37(9,16-15-25-38(29,47)19-49-25)30(43)28(42)26(21(24)3)36(39,7)8/h10-14,17,23-25,27-29,31,41-42,47-48H,15-16,18-19H2,1-9H3,(H,40,46)/t23-,24?,25+,27+,28+,29-,31-,37+,38-,39+/m0/s1. The molecule has 1 aliphatic heterocycles. The van der Waals surface area contributed by atoms with Crippen molar-refractivity contribution in [2.24, 2.45) is 16.7 Å². The summed E-state index contributed by atoms with van der Waals surface area (Å²) in [7, 11) is 0. The van der Waals surface area contributed by atoms with Crippen LogP contribution in [0.3, 0.4) is 0 Å². The van der Waals surface area contributed by atoms with Gasteiger partial charge >= 0.3 is 18.0 Å². The molecule has 3 aliphatic carbocycles. The number of benzene rings is 1. The van der Waals surface area contributed by atoms with Crippen LogP contribution in [0, 0.1) is 16.7 Å². The minimum atomic E-state index is -2.17. The van der Waals surface area contributed by atoms with Gasteiger partial charge in [0.05, 0.1) is 24.3 Å². The van der Waals surface area contributed by atoms with E-state index in [-0.39, 0.29) is 29.7 Å². The van der Waals surface area contributed by atoms with E-state index >= 15 is 0 Å². The number of carbonyl (C=O) groups excluding carboxylic acids is 4. The van der Waals surface area contributed by atoms with Crippen molar-refractivity contribution < 1.29 is 58.6 Å². The second kappa shape index (κ2) is 13.7. The number of alkyl carbamates (subject to hydrolysis) is 1. The lowest BCUT2D eigenvalue weighted by molar-refractivity contribution is -0.329. The van der Waals surface area contributed by atoms with Crippen molar-refractivity contribution >= 4 is 23.8 Å². The second-order valence-electron chi connectivity index (χ2n) is 16.8. The van der Waals surface area contributed by atoms with Gasteiger partial charge < -0.3 is 44.7 Å². The molecule has 4 aliphatic rings. The van der Waals surface area contributed by atoms with E-state index in [2.05, 4.69) is 5.32 Å². The highest BCUT2D eigenvalue weighted by Crippen LogP contribution is 2.63. The van der Waals surface area contributed by atoms with E-state index in [0.717, 1.165) is 0 Å². The van der Waals surface area contributed by atoms with E-state index in [1.807, 2.05) is 0 Å². The lowest BCUT2D eigenvalue weighted by Gasteiger charge is -2.66. The molecule has 1 amide bonds. The summed E-state index contributed by atoms with van der Waals surface area (Å²) in [6.45, 7) is 14.6. The zero-order valence-corrected chi connectivity index (χ0v) is 31.4. The van der Waals surface area contributed by atoms with Gasteiger partial charge in [-0.1, -0.05) is 50.6 Å². The van der Waals surface area contributed by atoms with Gasteiger partial charge in [-0.25, -0.2) is 14.4 Å². The number of rotatable bonds is 7. The van der Waals surface area contributed by atoms with Gasteiger partial charge in [0.2, 0.25) is 0 Å². The van der Waals surface area contributed by atoms with Gasteiger partial charge in [0, 0.05) is 23.2 Å². The van der Waals surface area contributed by atoms with Gasteiger partial charge in [-0.15, -0.1) is 0 Å². The Labute approximate surface area is 304 Å². The molecule has 1 aromatic rings. The topological polar surface area (TPSA) is 198 Å². The number of nitrogens with one attached hydrogen (secondary N) is 1. The van der Waals surface area contributed by atoms with Crippen LogP contribution < -0.4 is 5.32 Å². The maximum absolute atomic E-state index is 14.6. The SMILES string of the molecule is CC(C)=C[C@H](NC(=O)OC(C)(C)C)[C@@H](O)C(=O)OC1C[C@@]2(O)[C@@H](OC(=O)c3ccccc3)[C@@H]3[C@]4(O)CO[C@@H]4CC[C@@]3(C)C(=O)[C@H](O)C(=C1C)C2(C)C. The summed E-state index contributed by atoms with van der Waals surface area (Å²) >= 11 is 0. The molecule has 0 spiro atoms. The molecule has 1 heterocycles.